The van der Waals surface area contributed by atoms with Crippen molar-refractivity contribution in [3.8, 4) is 0 Å². The highest BCUT2D eigenvalue weighted by atomic mass is 16.2. The minimum Gasteiger partial charge on any atom is -0.352 e. The summed E-state index contributed by atoms with van der Waals surface area (Å²) in [6, 6.07) is -0.281. The molecule has 0 spiro atoms. The van der Waals surface area contributed by atoms with Crippen LogP contribution in [0.5, 0.6) is 0 Å². The highest BCUT2D eigenvalue weighted by Crippen LogP contribution is 2.09. The molecule has 0 unspecified atom stereocenters. The first-order valence-electron chi connectivity index (χ1n) is 6.07. The molecule has 1 rings (SSSR count). The molecule has 1 aliphatic rings. The van der Waals surface area contributed by atoms with Crippen LogP contribution in [0.1, 0.15) is 33.6 Å². The molecule has 6 heteroatoms. The van der Waals surface area contributed by atoms with E-state index in [0.29, 0.717) is 19.4 Å². The third kappa shape index (κ3) is 4.01. The first-order chi connectivity index (χ1) is 8.20. The van der Waals surface area contributed by atoms with Crippen LogP contribution in [0.15, 0.2) is 0 Å². The maximum absolute atomic E-state index is 11.6. The van der Waals surface area contributed by atoms with E-state index in [9.17, 15) is 14.4 Å². The summed E-state index contributed by atoms with van der Waals surface area (Å²) in [6.07, 6.45) is 0.811. The number of hydrogen-bond donors (Lipinski definition) is 1. The van der Waals surface area contributed by atoms with Crippen molar-refractivity contribution in [3.63, 3.8) is 0 Å². The van der Waals surface area contributed by atoms with E-state index in [1.165, 1.54) is 9.80 Å². The molecule has 0 saturated carbocycles. The van der Waals surface area contributed by atoms with Crippen LogP contribution in [0.3, 0.4) is 0 Å². The van der Waals surface area contributed by atoms with Gasteiger partial charge in [0.05, 0.1) is 0 Å². The van der Waals surface area contributed by atoms with Crippen molar-refractivity contribution < 1.29 is 14.4 Å². The fourth-order valence-corrected chi connectivity index (χ4v) is 1.77. The van der Waals surface area contributed by atoms with E-state index in [1.54, 1.807) is 7.05 Å². The molecule has 1 heterocycles. The zero-order chi connectivity index (χ0) is 13.9. The van der Waals surface area contributed by atoms with E-state index in [1.807, 2.05) is 20.8 Å². The van der Waals surface area contributed by atoms with Crippen molar-refractivity contribution in [3.05, 3.63) is 0 Å². The van der Waals surface area contributed by atoms with Crippen LogP contribution in [0.25, 0.3) is 0 Å². The fourth-order valence-electron chi connectivity index (χ4n) is 1.77. The van der Waals surface area contributed by atoms with E-state index in [4.69, 9.17) is 0 Å². The first kappa shape index (κ1) is 14.5. The number of carbonyl (C=O) groups excluding carboxylic acids is 3. The second-order valence-electron chi connectivity index (χ2n) is 5.59. The Morgan fingerprint density at radius 3 is 2.39 bits per heavy atom. The van der Waals surface area contributed by atoms with Gasteiger partial charge in [-0.25, -0.2) is 4.79 Å². The molecule has 1 N–H and O–H groups in total. The van der Waals surface area contributed by atoms with Gasteiger partial charge in [-0.1, -0.05) is 0 Å². The predicted molar refractivity (Wildman–Crippen MR) is 66.9 cm³/mol. The highest BCUT2D eigenvalue weighted by Gasteiger charge is 2.32. The molecule has 18 heavy (non-hydrogen) atoms. The third-order valence-corrected chi connectivity index (χ3v) is 2.53. The van der Waals surface area contributed by atoms with E-state index < -0.39 is 0 Å². The summed E-state index contributed by atoms with van der Waals surface area (Å²) < 4.78 is 0. The largest absolute Gasteiger partial charge is 0.352 e. The molecule has 0 radical (unpaired) electrons. The number of likely N-dealkylation sites (N-methyl/N-ethyl adjacent to an activating group) is 1. The van der Waals surface area contributed by atoms with Gasteiger partial charge in [-0.2, -0.15) is 0 Å². The average Bonchev–Trinajstić information content (AvgIpc) is 2.41. The molecule has 0 bridgehead atoms. The van der Waals surface area contributed by atoms with Gasteiger partial charge in [0.25, 0.3) is 0 Å². The lowest BCUT2D eigenvalue weighted by atomic mass is 10.1. The molecule has 0 aromatic rings. The number of nitrogens with one attached hydrogen (secondary N) is 1. The van der Waals surface area contributed by atoms with Crippen molar-refractivity contribution in [2.75, 3.05) is 20.1 Å². The number of amides is 4. The summed E-state index contributed by atoms with van der Waals surface area (Å²) in [4.78, 5) is 37.1. The maximum atomic E-state index is 11.6. The van der Waals surface area contributed by atoms with E-state index in [0.717, 1.165) is 0 Å². The van der Waals surface area contributed by atoms with Gasteiger partial charge in [-0.3, -0.25) is 14.5 Å². The Morgan fingerprint density at radius 2 is 1.94 bits per heavy atom. The van der Waals surface area contributed by atoms with Crippen LogP contribution in [-0.4, -0.2) is 53.3 Å². The van der Waals surface area contributed by atoms with Crippen molar-refractivity contribution in [2.24, 2.45) is 0 Å². The monoisotopic (exact) mass is 255 g/mol. The summed E-state index contributed by atoms with van der Waals surface area (Å²) in [5.74, 6) is -0.256. The normalized spacial score (nSPS) is 16.4. The smallest absolute Gasteiger partial charge is 0.326 e. The molecule has 4 amide bonds. The Labute approximate surface area is 107 Å². The van der Waals surface area contributed by atoms with Crippen LogP contribution < -0.4 is 5.32 Å². The van der Waals surface area contributed by atoms with Gasteiger partial charge in [-0.15, -0.1) is 0 Å². The Bertz CT molecular complexity index is 360. The maximum Gasteiger partial charge on any atom is 0.326 e. The lowest BCUT2D eigenvalue weighted by Crippen LogP contribution is -2.41. The minimum atomic E-state index is -0.281. The summed E-state index contributed by atoms with van der Waals surface area (Å²) in [6.45, 7) is 6.17. The second-order valence-corrected chi connectivity index (χ2v) is 5.59. The van der Waals surface area contributed by atoms with Crippen molar-refractivity contribution >= 4 is 17.8 Å². The number of imide groups is 1. The number of hydrogen-bond acceptors (Lipinski definition) is 3. The van der Waals surface area contributed by atoms with Gasteiger partial charge in [-0.05, 0) is 27.2 Å². The van der Waals surface area contributed by atoms with E-state index >= 15 is 0 Å². The molecule has 0 aromatic carbocycles. The molecular weight excluding hydrogens is 234 g/mol. The molecule has 1 aliphatic heterocycles. The Kier molecular flexibility index (Phi) is 4.32. The number of carbonyl (C=O) groups is 3. The van der Waals surface area contributed by atoms with Crippen LogP contribution >= 0.6 is 0 Å². The Hall–Kier alpha value is -1.59. The quantitative estimate of drug-likeness (QED) is 0.747. The highest BCUT2D eigenvalue weighted by molar-refractivity contribution is 6.01. The predicted octanol–water partition coefficient (Wildman–Crippen LogP) is 0.575. The fraction of sp³-hybridized carbons (Fsp3) is 0.750. The van der Waals surface area contributed by atoms with Crippen LogP contribution in [0.2, 0.25) is 0 Å². The van der Waals surface area contributed by atoms with Crippen molar-refractivity contribution in [2.45, 2.75) is 39.2 Å². The summed E-state index contributed by atoms with van der Waals surface area (Å²) in [7, 11) is 1.59. The van der Waals surface area contributed by atoms with Gasteiger partial charge in [0.1, 0.15) is 6.54 Å². The van der Waals surface area contributed by atoms with Gasteiger partial charge < -0.3 is 10.2 Å². The van der Waals surface area contributed by atoms with Gasteiger partial charge in [0, 0.05) is 25.6 Å². The van der Waals surface area contributed by atoms with Crippen LogP contribution in [-0.2, 0) is 9.59 Å². The van der Waals surface area contributed by atoms with Gasteiger partial charge in [0.2, 0.25) is 11.8 Å². The molecule has 0 atom stereocenters. The zero-order valence-electron chi connectivity index (χ0n) is 11.4. The minimum absolute atomic E-state index is 0.0602. The molecule has 6 nitrogen and oxygen atoms in total. The Balaban J connectivity index is 2.32. The van der Waals surface area contributed by atoms with E-state index in [2.05, 4.69) is 5.32 Å². The number of nitrogens with zero attached hydrogens (tertiary/aromatic N) is 2. The molecule has 0 aromatic heterocycles. The molecule has 0 aliphatic carbocycles. The summed E-state index contributed by atoms with van der Waals surface area (Å²) in [5, 5.41) is 2.84. The van der Waals surface area contributed by atoms with Gasteiger partial charge >= 0.3 is 6.03 Å². The van der Waals surface area contributed by atoms with Crippen LogP contribution in [0, 0.1) is 0 Å². The standard InChI is InChI=1S/C12H21N3O3/c1-12(2,3)13-9(16)6-5-7-15-10(17)8-14(4)11(15)18/h5-8H2,1-4H3,(H,13,16). The number of rotatable bonds is 4. The van der Waals surface area contributed by atoms with Crippen molar-refractivity contribution in [1.29, 1.82) is 0 Å². The third-order valence-electron chi connectivity index (χ3n) is 2.53. The van der Waals surface area contributed by atoms with E-state index in [-0.39, 0.29) is 29.9 Å². The molecule has 102 valence electrons. The van der Waals surface area contributed by atoms with Gasteiger partial charge in [0.15, 0.2) is 0 Å². The first-order valence-corrected chi connectivity index (χ1v) is 6.07. The molecule has 1 saturated heterocycles. The van der Waals surface area contributed by atoms with Crippen LogP contribution in [0.4, 0.5) is 4.79 Å². The Morgan fingerprint density at radius 1 is 1.33 bits per heavy atom. The zero-order valence-corrected chi connectivity index (χ0v) is 11.4. The number of urea groups is 1. The second kappa shape index (κ2) is 5.37. The SMILES string of the molecule is CN1CC(=O)N(CCCC(=O)NC(C)(C)C)C1=O. The summed E-state index contributed by atoms with van der Waals surface area (Å²) >= 11 is 0. The van der Waals surface area contributed by atoms with Crippen molar-refractivity contribution in [1.82, 2.24) is 15.1 Å². The lowest BCUT2D eigenvalue weighted by Gasteiger charge is -2.20. The lowest BCUT2D eigenvalue weighted by molar-refractivity contribution is -0.126. The summed E-state index contributed by atoms with van der Waals surface area (Å²) in [5.41, 5.74) is -0.253. The topological polar surface area (TPSA) is 69.7 Å². The molecular formula is C12H21N3O3. The average molecular weight is 255 g/mol. The molecule has 1 fully saturated rings.